The summed E-state index contributed by atoms with van der Waals surface area (Å²) in [5, 5.41) is 0. The lowest BCUT2D eigenvalue weighted by molar-refractivity contribution is 0.462. The van der Waals surface area contributed by atoms with Gasteiger partial charge in [-0.1, -0.05) is 109 Å². The normalized spacial score (nSPS) is 12.4. The van der Waals surface area contributed by atoms with E-state index in [-0.39, 0.29) is 9.79 Å². The summed E-state index contributed by atoms with van der Waals surface area (Å²) in [6, 6.07) is 27.6. The maximum atomic E-state index is 11.5. The molecule has 0 unspecified atom stereocenters. The van der Waals surface area contributed by atoms with Gasteiger partial charge in [0.2, 0.25) is 0 Å². The molecule has 0 fully saturated rings. The monoisotopic (exact) mass is 517 g/mol. The molecule has 0 atom stereocenters. The molecule has 4 rings (SSSR count). The fourth-order valence-electron chi connectivity index (χ4n) is 3.64. The molecule has 182 valence electrons. The number of benzene rings is 4. The molecule has 0 aromatic heterocycles. The van der Waals surface area contributed by atoms with Gasteiger partial charge < -0.3 is 4.55 Å². The lowest BCUT2D eigenvalue weighted by Gasteiger charge is -2.10. The quantitative estimate of drug-likeness (QED) is 0.243. The Morgan fingerprint density at radius 3 is 1.33 bits per heavy atom. The molecule has 0 spiro atoms. The van der Waals surface area contributed by atoms with E-state index in [1.807, 2.05) is 48.5 Å². The topological polar surface area (TPSA) is 112 Å². The summed E-state index contributed by atoms with van der Waals surface area (Å²) in [7, 11) is -8.87. The Balaban J connectivity index is 1.49. The summed E-state index contributed by atoms with van der Waals surface area (Å²) >= 11 is 0. The Bertz CT molecular complexity index is 1520. The summed E-state index contributed by atoms with van der Waals surface area (Å²) in [4.78, 5) is -0.404. The molecule has 0 aliphatic rings. The molecule has 0 heterocycles. The highest BCUT2D eigenvalue weighted by atomic mass is 32.2. The Hall–Kier alpha value is -3.82. The fraction of sp³-hybridized carbons (Fsp3) is 0. The Morgan fingerprint density at radius 1 is 0.528 bits per heavy atom. The molecule has 0 radical (unpaired) electrons. The highest BCUT2D eigenvalue weighted by molar-refractivity contribution is 7.86. The summed E-state index contributed by atoms with van der Waals surface area (Å²) in [5.74, 6) is 0. The fourth-order valence-corrected chi connectivity index (χ4v) is 5.00. The second-order valence-electron chi connectivity index (χ2n) is 7.92. The average Bonchev–Trinajstić information content (AvgIpc) is 2.86. The van der Waals surface area contributed by atoms with Gasteiger partial charge in [-0.15, -0.1) is 0 Å². The number of rotatable bonds is 7. The van der Waals surface area contributed by atoms with Crippen LogP contribution in [-0.4, -0.2) is 25.9 Å². The molecule has 1 N–H and O–H groups in total. The van der Waals surface area contributed by atoms with Gasteiger partial charge in [-0.3, -0.25) is 4.55 Å². The summed E-state index contributed by atoms with van der Waals surface area (Å²) in [6.07, 6.45) is 6.74. The molecule has 0 bridgehead atoms. The Labute approximate surface area is 210 Å². The van der Waals surface area contributed by atoms with Crippen LogP contribution in [0.3, 0.4) is 0 Å². The summed E-state index contributed by atoms with van der Waals surface area (Å²) in [5.41, 5.74) is 4.37. The van der Waals surface area contributed by atoms with Crippen molar-refractivity contribution in [3.8, 4) is 11.1 Å². The smallest absolute Gasteiger partial charge is 0.295 e. The van der Waals surface area contributed by atoms with Crippen LogP contribution in [0.2, 0.25) is 0 Å². The minimum absolute atomic E-state index is 0.148. The molecule has 0 amide bonds. The molecule has 0 saturated heterocycles. The Morgan fingerprint density at radius 2 is 0.917 bits per heavy atom. The first-order valence-corrected chi connectivity index (χ1v) is 13.6. The molecule has 0 aliphatic heterocycles. The Kier molecular flexibility index (Phi) is 7.32. The second kappa shape index (κ2) is 10.4. The van der Waals surface area contributed by atoms with Gasteiger partial charge in [0.15, 0.2) is 0 Å². The van der Waals surface area contributed by atoms with Crippen LogP contribution in [-0.2, 0) is 20.2 Å². The van der Waals surface area contributed by atoms with Crippen molar-refractivity contribution >= 4 is 44.5 Å². The van der Waals surface area contributed by atoms with Crippen LogP contribution in [0.1, 0.15) is 22.3 Å². The third-order valence-corrected chi connectivity index (χ3v) is 7.29. The van der Waals surface area contributed by atoms with E-state index < -0.39 is 20.2 Å². The first-order chi connectivity index (χ1) is 17.1. The lowest BCUT2D eigenvalue weighted by Crippen LogP contribution is -2.00. The number of hydrogen-bond donors (Lipinski definition) is 1. The van der Waals surface area contributed by atoms with E-state index in [1.54, 1.807) is 54.6 Å². The van der Waals surface area contributed by atoms with Crippen LogP contribution in [0, 0.1) is 0 Å². The van der Waals surface area contributed by atoms with Crippen molar-refractivity contribution in [1.82, 2.24) is 0 Å². The molecule has 4 aromatic rings. The zero-order valence-electron chi connectivity index (χ0n) is 18.9. The third-order valence-electron chi connectivity index (χ3n) is 5.45. The zero-order chi connectivity index (χ0) is 25.8. The van der Waals surface area contributed by atoms with Gasteiger partial charge in [0, 0.05) is 0 Å². The van der Waals surface area contributed by atoms with Gasteiger partial charge in [0.05, 0.1) is 4.90 Å². The standard InChI is InChI=1S/C28H22O6S2/c29-35(30,31)27-7-3-1-5-25(27)19-13-21-9-15-23(16-10-21)24-17-11-22(12-18-24)14-20-26-6-2-4-8-28(26)36(32,33)34/h1-20H,(H,29,30,31)(H,32,33,34)/p-1/b19-13-,20-14-. The van der Waals surface area contributed by atoms with Crippen molar-refractivity contribution < 1.29 is 25.9 Å². The predicted octanol–water partition coefficient (Wildman–Crippen LogP) is 5.85. The highest BCUT2D eigenvalue weighted by Crippen LogP contribution is 2.24. The largest absolute Gasteiger partial charge is 0.744 e. The molecular weight excluding hydrogens is 496 g/mol. The van der Waals surface area contributed by atoms with Crippen molar-refractivity contribution in [1.29, 1.82) is 0 Å². The van der Waals surface area contributed by atoms with E-state index in [1.165, 1.54) is 18.2 Å². The first kappa shape index (κ1) is 25.3. The van der Waals surface area contributed by atoms with Gasteiger partial charge in [-0.25, -0.2) is 8.42 Å². The lowest BCUT2D eigenvalue weighted by atomic mass is 10.0. The SMILES string of the molecule is O=S(=O)([O-])c1ccccc1/C=C\c1ccc(-c2ccc(/C=C\c3ccccc3S(=O)(=O)O)cc2)cc1. The van der Waals surface area contributed by atoms with Gasteiger partial charge in [-0.2, -0.15) is 8.42 Å². The molecule has 0 saturated carbocycles. The van der Waals surface area contributed by atoms with Gasteiger partial charge in [0.25, 0.3) is 10.1 Å². The molecule has 6 nitrogen and oxygen atoms in total. The minimum atomic E-state index is -4.56. The van der Waals surface area contributed by atoms with E-state index in [4.69, 9.17) is 0 Å². The van der Waals surface area contributed by atoms with Crippen LogP contribution in [0.5, 0.6) is 0 Å². The highest BCUT2D eigenvalue weighted by Gasteiger charge is 2.12. The molecule has 36 heavy (non-hydrogen) atoms. The van der Waals surface area contributed by atoms with Crippen molar-refractivity contribution in [2.45, 2.75) is 9.79 Å². The summed E-state index contributed by atoms with van der Waals surface area (Å²) in [6.45, 7) is 0. The van der Waals surface area contributed by atoms with E-state index >= 15 is 0 Å². The van der Waals surface area contributed by atoms with Gasteiger partial charge >= 0.3 is 0 Å². The van der Waals surface area contributed by atoms with Crippen LogP contribution in [0.4, 0.5) is 0 Å². The van der Waals surface area contributed by atoms with E-state index in [0.717, 1.165) is 22.3 Å². The van der Waals surface area contributed by atoms with E-state index in [2.05, 4.69) is 0 Å². The van der Waals surface area contributed by atoms with Crippen molar-refractivity contribution in [2.24, 2.45) is 0 Å². The molecule has 4 aromatic carbocycles. The van der Waals surface area contributed by atoms with Crippen LogP contribution >= 0.6 is 0 Å². The predicted molar refractivity (Wildman–Crippen MR) is 140 cm³/mol. The van der Waals surface area contributed by atoms with Gasteiger partial charge in [0.1, 0.15) is 15.0 Å². The van der Waals surface area contributed by atoms with Crippen molar-refractivity contribution in [3.63, 3.8) is 0 Å². The molecular formula is C28H21O6S2-. The number of hydrogen-bond acceptors (Lipinski definition) is 5. The third kappa shape index (κ3) is 6.24. The molecule has 8 heteroatoms. The molecule has 0 aliphatic carbocycles. The van der Waals surface area contributed by atoms with Crippen molar-refractivity contribution in [3.05, 3.63) is 119 Å². The minimum Gasteiger partial charge on any atom is -0.744 e. The maximum absolute atomic E-state index is 11.5. The van der Waals surface area contributed by atoms with E-state index in [9.17, 15) is 25.9 Å². The first-order valence-electron chi connectivity index (χ1n) is 10.8. The van der Waals surface area contributed by atoms with Gasteiger partial charge in [-0.05, 0) is 45.5 Å². The second-order valence-corrected chi connectivity index (χ2v) is 10.7. The van der Waals surface area contributed by atoms with Crippen LogP contribution < -0.4 is 0 Å². The average molecular weight is 518 g/mol. The van der Waals surface area contributed by atoms with Crippen LogP contribution in [0.15, 0.2) is 107 Å². The zero-order valence-corrected chi connectivity index (χ0v) is 20.5. The summed E-state index contributed by atoms with van der Waals surface area (Å²) < 4.78 is 66.8. The van der Waals surface area contributed by atoms with Crippen LogP contribution in [0.25, 0.3) is 35.4 Å². The van der Waals surface area contributed by atoms with E-state index in [0.29, 0.717) is 11.1 Å². The maximum Gasteiger partial charge on any atom is 0.295 e. The van der Waals surface area contributed by atoms with Crippen molar-refractivity contribution in [2.75, 3.05) is 0 Å².